The molecule has 1 aromatic heterocycles. The van der Waals surface area contributed by atoms with E-state index in [1.54, 1.807) is 7.11 Å². The lowest BCUT2D eigenvalue weighted by molar-refractivity contribution is 0.400. The summed E-state index contributed by atoms with van der Waals surface area (Å²) in [5, 5.41) is 5.18. The first-order valence-corrected chi connectivity index (χ1v) is 7.77. The van der Waals surface area contributed by atoms with Gasteiger partial charge in [-0.3, -0.25) is 0 Å². The number of methoxy groups -OCH3 is 1. The van der Waals surface area contributed by atoms with Crippen LogP contribution in [0.2, 0.25) is 0 Å². The smallest absolute Gasteiger partial charge is 0.176 e. The van der Waals surface area contributed by atoms with Gasteiger partial charge in [0.15, 0.2) is 11.3 Å². The Morgan fingerprint density at radius 2 is 2.16 bits per heavy atom. The summed E-state index contributed by atoms with van der Waals surface area (Å²) < 4.78 is 11.2. The molecule has 0 amide bonds. The summed E-state index contributed by atoms with van der Waals surface area (Å²) in [6, 6.07) is 8.23. The molecular weight excluding hydrogens is 258 g/mol. The van der Waals surface area contributed by atoms with Crippen LogP contribution in [0.15, 0.2) is 28.7 Å². The summed E-state index contributed by atoms with van der Waals surface area (Å²) in [6.07, 6.45) is 2.13. The second-order valence-corrected chi connectivity index (χ2v) is 5.98. The van der Waals surface area contributed by atoms with Gasteiger partial charge in [0.1, 0.15) is 5.76 Å². The van der Waals surface area contributed by atoms with Gasteiger partial charge in [0.2, 0.25) is 0 Å². The summed E-state index contributed by atoms with van der Waals surface area (Å²) >= 11 is 1.86. The van der Waals surface area contributed by atoms with Crippen LogP contribution in [-0.4, -0.2) is 25.2 Å². The zero-order chi connectivity index (χ0) is 13.8. The van der Waals surface area contributed by atoms with Gasteiger partial charge in [-0.25, -0.2) is 0 Å². The minimum absolute atomic E-state index is 0.201. The highest BCUT2D eigenvalue weighted by Crippen LogP contribution is 2.30. The Morgan fingerprint density at radius 3 is 2.84 bits per heavy atom. The maximum absolute atomic E-state index is 5.92. The van der Waals surface area contributed by atoms with E-state index in [9.17, 15) is 0 Å². The number of hydrogen-bond acceptors (Lipinski definition) is 4. The van der Waals surface area contributed by atoms with Crippen molar-refractivity contribution in [2.24, 2.45) is 0 Å². The summed E-state index contributed by atoms with van der Waals surface area (Å²) in [6.45, 7) is 5.31. The molecule has 19 heavy (non-hydrogen) atoms. The molecule has 3 nitrogen and oxygen atoms in total. The Hall–Kier alpha value is -1.13. The van der Waals surface area contributed by atoms with E-state index in [0.29, 0.717) is 5.25 Å². The van der Waals surface area contributed by atoms with Gasteiger partial charge in [-0.05, 0) is 25.3 Å². The minimum Gasteiger partial charge on any atom is -0.493 e. The third-order valence-corrected chi connectivity index (χ3v) is 4.26. The molecule has 2 unspecified atom stereocenters. The molecule has 2 rings (SSSR count). The molecule has 0 bridgehead atoms. The van der Waals surface area contributed by atoms with Gasteiger partial charge in [0, 0.05) is 17.2 Å². The Morgan fingerprint density at radius 1 is 1.37 bits per heavy atom. The highest BCUT2D eigenvalue weighted by molar-refractivity contribution is 7.99. The number of thioether (sulfide) groups is 1. The van der Waals surface area contributed by atoms with E-state index < -0.39 is 0 Å². The van der Waals surface area contributed by atoms with Crippen molar-refractivity contribution in [1.82, 2.24) is 5.32 Å². The number of furan rings is 1. The second-order valence-electron chi connectivity index (χ2n) is 4.70. The van der Waals surface area contributed by atoms with Crippen LogP contribution >= 0.6 is 11.8 Å². The summed E-state index contributed by atoms with van der Waals surface area (Å²) in [7, 11) is 1.67. The normalized spacial score (nSPS) is 14.5. The van der Waals surface area contributed by atoms with E-state index in [1.165, 1.54) is 0 Å². The SMILES string of the molecule is COc1cccc2cc(C(C)NCC(C)SC)oc12. The van der Waals surface area contributed by atoms with E-state index in [1.807, 2.05) is 30.0 Å². The van der Waals surface area contributed by atoms with Gasteiger partial charge in [-0.15, -0.1) is 0 Å². The van der Waals surface area contributed by atoms with Crippen molar-refractivity contribution in [3.63, 3.8) is 0 Å². The molecule has 1 N–H and O–H groups in total. The molecule has 0 radical (unpaired) electrons. The zero-order valence-electron chi connectivity index (χ0n) is 11.9. The van der Waals surface area contributed by atoms with E-state index in [4.69, 9.17) is 9.15 Å². The molecule has 104 valence electrons. The molecule has 0 aliphatic carbocycles. The summed E-state index contributed by atoms with van der Waals surface area (Å²) in [5.41, 5.74) is 0.826. The molecule has 2 atom stereocenters. The Balaban J connectivity index is 2.16. The highest BCUT2D eigenvalue weighted by Gasteiger charge is 2.14. The average molecular weight is 279 g/mol. The highest BCUT2D eigenvalue weighted by atomic mass is 32.2. The lowest BCUT2D eigenvalue weighted by Gasteiger charge is -2.14. The van der Waals surface area contributed by atoms with Gasteiger partial charge in [0.25, 0.3) is 0 Å². The Labute approximate surface area is 118 Å². The molecule has 0 aliphatic rings. The van der Waals surface area contributed by atoms with Crippen molar-refractivity contribution in [2.75, 3.05) is 19.9 Å². The maximum atomic E-state index is 5.92. The fourth-order valence-corrected chi connectivity index (χ4v) is 2.22. The quantitative estimate of drug-likeness (QED) is 0.871. The van der Waals surface area contributed by atoms with Crippen LogP contribution in [0.3, 0.4) is 0 Å². The molecule has 0 saturated carbocycles. The third-order valence-electron chi connectivity index (χ3n) is 3.29. The molecular formula is C15H21NO2S. The molecule has 2 aromatic rings. The molecule has 0 spiro atoms. The van der Waals surface area contributed by atoms with Gasteiger partial charge in [-0.1, -0.05) is 19.1 Å². The van der Waals surface area contributed by atoms with Crippen molar-refractivity contribution in [1.29, 1.82) is 0 Å². The molecule has 0 saturated heterocycles. The topological polar surface area (TPSA) is 34.4 Å². The van der Waals surface area contributed by atoms with Crippen LogP contribution in [0.25, 0.3) is 11.0 Å². The second kappa shape index (κ2) is 6.35. The van der Waals surface area contributed by atoms with Gasteiger partial charge >= 0.3 is 0 Å². The summed E-state index contributed by atoms with van der Waals surface area (Å²) in [5.74, 6) is 1.74. The molecule has 1 heterocycles. The van der Waals surface area contributed by atoms with Crippen molar-refractivity contribution < 1.29 is 9.15 Å². The number of hydrogen-bond donors (Lipinski definition) is 1. The van der Waals surface area contributed by atoms with E-state index in [-0.39, 0.29) is 6.04 Å². The number of nitrogens with one attached hydrogen (secondary N) is 1. The first kappa shape index (κ1) is 14.3. The first-order chi connectivity index (χ1) is 9.15. The van der Waals surface area contributed by atoms with Crippen molar-refractivity contribution in [3.05, 3.63) is 30.0 Å². The predicted molar refractivity (Wildman–Crippen MR) is 82.2 cm³/mol. The lowest BCUT2D eigenvalue weighted by Crippen LogP contribution is -2.25. The first-order valence-electron chi connectivity index (χ1n) is 6.48. The van der Waals surface area contributed by atoms with Crippen LogP contribution in [0.1, 0.15) is 25.6 Å². The van der Waals surface area contributed by atoms with Crippen LogP contribution in [0.5, 0.6) is 5.75 Å². The van der Waals surface area contributed by atoms with Crippen LogP contribution in [0.4, 0.5) is 0 Å². The molecule has 1 aromatic carbocycles. The van der Waals surface area contributed by atoms with Gasteiger partial charge < -0.3 is 14.5 Å². The van der Waals surface area contributed by atoms with Gasteiger partial charge in [0.05, 0.1) is 13.2 Å². The van der Waals surface area contributed by atoms with Crippen molar-refractivity contribution in [3.8, 4) is 5.75 Å². The predicted octanol–water partition coefficient (Wildman–Crippen LogP) is 3.84. The van der Waals surface area contributed by atoms with Crippen molar-refractivity contribution >= 4 is 22.7 Å². The van der Waals surface area contributed by atoms with E-state index in [0.717, 1.165) is 29.0 Å². The standard InChI is InChI=1S/C15H21NO2S/c1-10(19-4)9-16-11(2)14-8-12-6-5-7-13(17-3)15(12)18-14/h5-8,10-11,16H,9H2,1-4H3. The largest absolute Gasteiger partial charge is 0.493 e. The number of fused-ring (bicyclic) bond motifs is 1. The molecule has 0 fully saturated rings. The number of para-hydroxylation sites is 1. The van der Waals surface area contributed by atoms with Crippen LogP contribution in [0, 0.1) is 0 Å². The monoisotopic (exact) mass is 279 g/mol. The minimum atomic E-state index is 0.201. The summed E-state index contributed by atoms with van der Waals surface area (Å²) in [4.78, 5) is 0. The number of benzene rings is 1. The maximum Gasteiger partial charge on any atom is 0.176 e. The lowest BCUT2D eigenvalue weighted by atomic mass is 10.2. The Bertz CT molecular complexity index is 538. The number of rotatable bonds is 6. The van der Waals surface area contributed by atoms with Crippen molar-refractivity contribution in [2.45, 2.75) is 25.1 Å². The molecule has 0 aliphatic heterocycles. The number of ether oxygens (including phenoxy) is 1. The third kappa shape index (κ3) is 3.25. The molecule has 4 heteroatoms. The van der Waals surface area contributed by atoms with E-state index >= 15 is 0 Å². The average Bonchev–Trinajstić information content (AvgIpc) is 2.88. The van der Waals surface area contributed by atoms with Crippen LogP contribution in [-0.2, 0) is 0 Å². The van der Waals surface area contributed by atoms with Crippen LogP contribution < -0.4 is 10.1 Å². The fourth-order valence-electron chi connectivity index (χ4n) is 1.96. The van der Waals surface area contributed by atoms with Gasteiger partial charge in [-0.2, -0.15) is 11.8 Å². The Kier molecular flexibility index (Phi) is 4.77. The fraction of sp³-hybridized carbons (Fsp3) is 0.467. The van der Waals surface area contributed by atoms with E-state index in [2.05, 4.69) is 31.5 Å². The zero-order valence-corrected chi connectivity index (χ0v) is 12.7.